The summed E-state index contributed by atoms with van der Waals surface area (Å²) in [5.41, 5.74) is -0.222. The Kier molecular flexibility index (Phi) is 15.0. The Morgan fingerprint density at radius 3 is 1.75 bits per heavy atom. The van der Waals surface area contributed by atoms with Crippen molar-refractivity contribution in [3.63, 3.8) is 0 Å². The van der Waals surface area contributed by atoms with Crippen LogP contribution in [0.15, 0.2) is 54.6 Å². The first-order valence-electron chi connectivity index (χ1n) is 17.3. The molecule has 0 aliphatic rings. The van der Waals surface area contributed by atoms with Gasteiger partial charge in [0.2, 0.25) is 11.6 Å². The number of hydrogen-bond donors (Lipinski definition) is 1. The zero-order chi connectivity index (χ0) is 36.9. The van der Waals surface area contributed by atoms with Crippen molar-refractivity contribution >= 4 is 0 Å². The Balaban J connectivity index is 1.10. The van der Waals surface area contributed by atoms with Crippen molar-refractivity contribution in [2.24, 2.45) is 5.92 Å². The first-order valence-corrected chi connectivity index (χ1v) is 17.3. The molecule has 0 fully saturated rings. The highest BCUT2D eigenvalue weighted by Gasteiger charge is 2.18. The molecule has 0 radical (unpaired) electrons. The summed E-state index contributed by atoms with van der Waals surface area (Å²) in [5, 5.41) is 9.25. The maximum absolute atomic E-state index is 14.6. The fourth-order valence-electron chi connectivity index (χ4n) is 6.09. The summed E-state index contributed by atoms with van der Waals surface area (Å²) in [6.07, 6.45) is 9.34. The van der Waals surface area contributed by atoms with Gasteiger partial charge in [0.05, 0.1) is 13.2 Å². The van der Waals surface area contributed by atoms with Crippen LogP contribution in [0.4, 0.5) is 35.1 Å². The Morgan fingerprint density at radius 2 is 1.14 bits per heavy atom. The van der Waals surface area contributed by atoms with Gasteiger partial charge < -0.3 is 14.6 Å². The van der Waals surface area contributed by atoms with Gasteiger partial charge in [-0.25, -0.2) is 26.3 Å². The van der Waals surface area contributed by atoms with Gasteiger partial charge in [0.15, 0.2) is 40.6 Å². The molecule has 11 heteroatoms. The minimum Gasteiger partial charge on any atom is -0.505 e. The second kappa shape index (κ2) is 19.4. The van der Waals surface area contributed by atoms with E-state index in [9.17, 15) is 40.2 Å². The molecule has 0 amide bonds. The fourth-order valence-corrected chi connectivity index (χ4v) is 6.09. The van der Waals surface area contributed by atoms with Crippen LogP contribution in [0.25, 0.3) is 11.1 Å². The lowest BCUT2D eigenvalue weighted by Gasteiger charge is -2.16. The summed E-state index contributed by atoms with van der Waals surface area (Å²) in [5.74, 6) is -10.1. The van der Waals surface area contributed by atoms with E-state index in [1.165, 1.54) is 30.3 Å². The van der Waals surface area contributed by atoms with E-state index < -0.39 is 52.3 Å². The van der Waals surface area contributed by atoms with E-state index in [1.54, 1.807) is 0 Å². The number of unbranched alkanes of at least 4 members (excludes halogenated alkanes) is 4. The molecule has 51 heavy (non-hydrogen) atoms. The largest absolute Gasteiger partial charge is 0.505 e. The van der Waals surface area contributed by atoms with Gasteiger partial charge in [0.25, 0.3) is 0 Å². The molecule has 0 heterocycles. The third-order valence-electron chi connectivity index (χ3n) is 8.90. The summed E-state index contributed by atoms with van der Waals surface area (Å²) in [6.45, 7) is 2.75. The number of aromatic hydroxyl groups is 1. The molecule has 276 valence electrons. The molecule has 4 aromatic carbocycles. The zero-order valence-electron chi connectivity index (χ0n) is 28.5. The van der Waals surface area contributed by atoms with E-state index in [2.05, 4.69) is 6.92 Å². The Hall–Kier alpha value is -4.28. The first-order chi connectivity index (χ1) is 24.5. The van der Waals surface area contributed by atoms with Crippen molar-refractivity contribution < 1.29 is 49.7 Å². The van der Waals surface area contributed by atoms with Crippen LogP contribution in [0.5, 0.6) is 17.2 Å². The summed E-state index contributed by atoms with van der Waals surface area (Å²) in [7, 11) is 0. The van der Waals surface area contributed by atoms with E-state index in [0.717, 1.165) is 82.1 Å². The number of phenolic OH excluding ortho intramolecular Hbond substituents is 1. The van der Waals surface area contributed by atoms with Crippen molar-refractivity contribution in [2.45, 2.75) is 84.0 Å². The molecule has 0 aromatic heterocycles. The molecule has 4 aromatic rings. The number of benzene rings is 4. The molecule has 1 N–H and O–H groups in total. The van der Waals surface area contributed by atoms with Crippen LogP contribution < -0.4 is 9.47 Å². The molecule has 0 spiro atoms. The highest BCUT2D eigenvalue weighted by molar-refractivity contribution is 5.65. The highest BCUT2D eigenvalue weighted by Crippen LogP contribution is 2.30. The number of rotatable bonds is 20. The van der Waals surface area contributed by atoms with Crippen molar-refractivity contribution in [1.29, 1.82) is 0 Å². The van der Waals surface area contributed by atoms with Crippen molar-refractivity contribution in [3.8, 4) is 28.4 Å². The predicted octanol–water partition coefficient (Wildman–Crippen LogP) is 12.0. The van der Waals surface area contributed by atoms with E-state index in [1.807, 2.05) is 0 Å². The van der Waals surface area contributed by atoms with Crippen LogP contribution in [0, 0.1) is 52.5 Å². The van der Waals surface area contributed by atoms with Crippen LogP contribution in [0.1, 0.15) is 82.3 Å². The number of phenols is 1. The lowest BCUT2D eigenvalue weighted by molar-refractivity contribution is 0.280. The molecule has 0 saturated heterocycles. The average Bonchev–Trinajstić information content (AvgIpc) is 3.10. The maximum atomic E-state index is 14.6. The molecule has 0 bridgehead atoms. The van der Waals surface area contributed by atoms with E-state index in [-0.39, 0.29) is 53.2 Å². The number of halogens is 8. The molecule has 0 saturated carbocycles. The molecule has 0 aliphatic carbocycles. The van der Waals surface area contributed by atoms with Crippen molar-refractivity contribution in [2.75, 3.05) is 13.2 Å². The molecule has 3 nitrogen and oxygen atoms in total. The third kappa shape index (κ3) is 11.1. The lowest BCUT2D eigenvalue weighted by Crippen LogP contribution is -2.05. The van der Waals surface area contributed by atoms with Crippen molar-refractivity contribution in [3.05, 3.63) is 112 Å². The molecule has 1 atom stereocenters. The zero-order valence-corrected chi connectivity index (χ0v) is 28.5. The van der Waals surface area contributed by atoms with Crippen LogP contribution >= 0.6 is 0 Å². The Morgan fingerprint density at radius 1 is 0.549 bits per heavy atom. The predicted molar refractivity (Wildman–Crippen MR) is 180 cm³/mol. The van der Waals surface area contributed by atoms with E-state index in [0.29, 0.717) is 18.9 Å². The standard InChI is InChI=1S/C40H42F8O3/c1-2-9-25(10-5-3-7-20-50-29-16-17-30(31(41)24-29)28-22-32(42)38(46)33(43)23-28)11-6-4-8-21-51-35-19-15-27(37(45)40(35)48)13-12-26-14-18-34(49)39(47)36(26)44/h14-19,22-25,49H,2-13,20-21H2,1H3. The van der Waals surface area contributed by atoms with Gasteiger partial charge in [-0.1, -0.05) is 70.4 Å². The van der Waals surface area contributed by atoms with Crippen LogP contribution in [-0.2, 0) is 12.8 Å². The normalized spacial score (nSPS) is 11.9. The number of aryl methyl sites for hydroxylation is 2. The number of hydrogen-bond acceptors (Lipinski definition) is 3. The van der Waals surface area contributed by atoms with Gasteiger partial charge >= 0.3 is 0 Å². The van der Waals surface area contributed by atoms with Crippen LogP contribution in [0.2, 0.25) is 0 Å². The molecule has 4 rings (SSSR count). The second-order valence-corrected chi connectivity index (χ2v) is 12.7. The highest BCUT2D eigenvalue weighted by atomic mass is 19.2. The summed E-state index contributed by atoms with van der Waals surface area (Å²) >= 11 is 0. The average molecular weight is 723 g/mol. The maximum Gasteiger partial charge on any atom is 0.200 e. The first kappa shape index (κ1) is 39.5. The molecular weight excluding hydrogens is 680 g/mol. The monoisotopic (exact) mass is 722 g/mol. The smallest absolute Gasteiger partial charge is 0.200 e. The third-order valence-corrected chi connectivity index (χ3v) is 8.90. The number of ether oxygens (including phenoxy) is 2. The van der Waals surface area contributed by atoms with Crippen LogP contribution in [0.3, 0.4) is 0 Å². The summed E-state index contributed by atoms with van der Waals surface area (Å²) < 4.78 is 123. The topological polar surface area (TPSA) is 38.7 Å². The van der Waals surface area contributed by atoms with E-state index >= 15 is 0 Å². The van der Waals surface area contributed by atoms with Crippen molar-refractivity contribution in [1.82, 2.24) is 0 Å². The SMILES string of the molecule is CCCC(CCCCCOc1ccc(-c2cc(F)c(F)c(F)c2)c(F)c1)CCCCCOc1ccc(CCc2ccc(O)c(F)c2F)c(F)c1F. The minimum absolute atomic E-state index is 0.00579. The van der Waals surface area contributed by atoms with Gasteiger partial charge in [-0.15, -0.1) is 0 Å². The molecule has 1 unspecified atom stereocenters. The van der Waals surface area contributed by atoms with Gasteiger partial charge in [-0.3, -0.25) is 0 Å². The van der Waals surface area contributed by atoms with E-state index in [4.69, 9.17) is 9.47 Å². The van der Waals surface area contributed by atoms with Crippen LogP contribution in [-0.4, -0.2) is 18.3 Å². The lowest BCUT2D eigenvalue weighted by atomic mass is 9.91. The fraction of sp³-hybridized carbons (Fsp3) is 0.400. The Bertz CT molecular complexity index is 1720. The second-order valence-electron chi connectivity index (χ2n) is 12.7. The van der Waals surface area contributed by atoms with Gasteiger partial charge in [-0.2, -0.15) is 8.78 Å². The summed E-state index contributed by atoms with van der Waals surface area (Å²) in [6, 6.07) is 10.4. The minimum atomic E-state index is -1.61. The quantitative estimate of drug-likeness (QED) is 0.0561. The molecular formula is C40H42F8O3. The summed E-state index contributed by atoms with van der Waals surface area (Å²) in [4.78, 5) is 0. The Labute approximate surface area is 293 Å². The van der Waals surface area contributed by atoms with Gasteiger partial charge in [-0.05, 0) is 84.7 Å². The van der Waals surface area contributed by atoms with Gasteiger partial charge in [0, 0.05) is 11.6 Å². The van der Waals surface area contributed by atoms with Gasteiger partial charge in [0.1, 0.15) is 11.6 Å². The molecule has 0 aliphatic heterocycles.